The lowest BCUT2D eigenvalue weighted by atomic mass is 10.1. The second-order valence-corrected chi connectivity index (χ2v) is 7.57. The second-order valence-electron chi connectivity index (χ2n) is 7.57. The van der Waals surface area contributed by atoms with Gasteiger partial charge in [0.05, 0.1) is 35.2 Å². The summed E-state index contributed by atoms with van der Waals surface area (Å²) in [7, 11) is 11.3. The van der Waals surface area contributed by atoms with Gasteiger partial charge in [-0.15, -0.1) is 0 Å². The molecule has 0 bridgehead atoms. The third kappa shape index (κ3) is 7.27. The number of allylic oxidation sites excluding steroid dienone is 1. The van der Waals surface area contributed by atoms with Gasteiger partial charge in [0.2, 0.25) is 0 Å². The highest BCUT2D eigenvalue weighted by Gasteiger charge is 2.20. The number of hydrazine groups is 1. The lowest BCUT2D eigenvalue weighted by Gasteiger charge is -2.33. The zero-order valence-corrected chi connectivity index (χ0v) is 14.3. The molecule has 0 fully saturated rings. The summed E-state index contributed by atoms with van der Waals surface area (Å²) in [6.07, 6.45) is 0.774. The van der Waals surface area contributed by atoms with E-state index < -0.39 is 0 Å². The first-order valence-electron chi connectivity index (χ1n) is 7.46. The van der Waals surface area contributed by atoms with Crippen LogP contribution in [0, 0.1) is 0 Å². The molecule has 0 unspecified atom stereocenters. The van der Waals surface area contributed by atoms with Crippen LogP contribution in [0.1, 0.15) is 11.1 Å². The van der Waals surface area contributed by atoms with Gasteiger partial charge >= 0.3 is 0 Å². The average Bonchev–Trinajstić information content (AvgIpc) is 2.38. The fourth-order valence-corrected chi connectivity index (χ4v) is 2.20. The summed E-state index contributed by atoms with van der Waals surface area (Å²) in [5.74, 6) is 5.35. The topological polar surface area (TPSA) is 38.0 Å². The van der Waals surface area contributed by atoms with Gasteiger partial charge in [0, 0.05) is 17.7 Å². The van der Waals surface area contributed by atoms with E-state index in [0.29, 0.717) is 0 Å². The van der Waals surface area contributed by atoms with Gasteiger partial charge in [-0.3, -0.25) is 5.84 Å². The van der Waals surface area contributed by atoms with E-state index in [1.807, 2.05) is 0 Å². The number of rotatable bonds is 8. The smallest absolute Gasteiger partial charge is 0.128 e. The van der Waals surface area contributed by atoms with E-state index in [2.05, 4.69) is 71.5 Å². The predicted octanol–water partition coefficient (Wildman–Crippen LogP) is 1.49. The number of hydrogen-bond donors (Lipinski definition) is 2. The van der Waals surface area contributed by atoms with Crippen molar-refractivity contribution in [2.75, 3.05) is 48.3 Å². The lowest BCUT2D eigenvalue weighted by Crippen LogP contribution is -2.48. The molecule has 4 nitrogen and oxygen atoms in total. The first-order chi connectivity index (χ1) is 9.61. The van der Waals surface area contributed by atoms with Crippen LogP contribution in [0.3, 0.4) is 0 Å². The number of hydrogen-bond acceptors (Lipinski definition) is 2. The van der Waals surface area contributed by atoms with Gasteiger partial charge in [-0.2, -0.15) is 0 Å². The van der Waals surface area contributed by atoms with Crippen molar-refractivity contribution in [1.82, 2.24) is 5.43 Å². The molecule has 0 aliphatic carbocycles. The maximum Gasteiger partial charge on any atom is 0.128 e. The molecule has 4 heteroatoms. The number of nitrogens with zero attached hydrogens (tertiary/aromatic N) is 2. The third-order valence-electron chi connectivity index (χ3n) is 3.63. The van der Waals surface area contributed by atoms with Crippen LogP contribution in [-0.4, -0.2) is 57.3 Å². The van der Waals surface area contributed by atoms with E-state index in [4.69, 9.17) is 5.84 Å². The van der Waals surface area contributed by atoms with E-state index >= 15 is 0 Å². The molecule has 0 aromatic heterocycles. The molecule has 0 amide bonds. The van der Waals surface area contributed by atoms with Gasteiger partial charge in [0.25, 0.3) is 0 Å². The van der Waals surface area contributed by atoms with Gasteiger partial charge in [-0.25, -0.2) is 0 Å². The van der Waals surface area contributed by atoms with E-state index in [-0.39, 0.29) is 0 Å². The molecular formula is C17H32N4+2. The number of quaternary nitrogens is 2. The Balaban J connectivity index is 2.60. The molecule has 0 saturated carbocycles. The van der Waals surface area contributed by atoms with E-state index in [1.54, 1.807) is 0 Å². The van der Waals surface area contributed by atoms with E-state index in [1.165, 1.54) is 24.2 Å². The normalized spacial score (nSPS) is 12.3. The first-order valence-corrected chi connectivity index (χ1v) is 7.46. The van der Waals surface area contributed by atoms with Crippen LogP contribution in [0.4, 0.5) is 0 Å². The Hall–Kier alpha value is -1.36. The maximum absolute atomic E-state index is 5.35. The average molecular weight is 292 g/mol. The molecule has 0 spiro atoms. The lowest BCUT2D eigenvalue weighted by molar-refractivity contribution is -0.945. The van der Waals surface area contributed by atoms with Gasteiger partial charge in [-0.05, 0) is 5.56 Å². The van der Waals surface area contributed by atoms with Crippen molar-refractivity contribution in [2.24, 2.45) is 5.84 Å². The highest BCUT2D eigenvalue weighted by atomic mass is 15.4. The van der Waals surface area contributed by atoms with Crippen LogP contribution in [0.5, 0.6) is 0 Å². The third-order valence-corrected chi connectivity index (χ3v) is 3.63. The molecule has 118 valence electrons. The van der Waals surface area contributed by atoms with Crippen LogP contribution in [0.2, 0.25) is 0 Å². The molecule has 1 aromatic rings. The number of likely N-dealkylation sites (N-methyl/N-ethyl adjacent to an activating group) is 2. The van der Waals surface area contributed by atoms with Gasteiger partial charge in [0.15, 0.2) is 0 Å². The second kappa shape index (κ2) is 7.07. The highest BCUT2D eigenvalue weighted by molar-refractivity contribution is 5.25. The predicted molar refractivity (Wildman–Crippen MR) is 90.2 cm³/mol. The minimum atomic E-state index is 0.774. The molecule has 0 heterocycles. The Morgan fingerprint density at radius 2 is 1.52 bits per heavy atom. The van der Waals surface area contributed by atoms with Gasteiger partial charge in [-0.1, -0.05) is 30.8 Å². The summed E-state index contributed by atoms with van der Waals surface area (Å²) in [6.45, 7) is 7.25. The van der Waals surface area contributed by atoms with Gasteiger partial charge in [0.1, 0.15) is 19.6 Å². The number of nitrogens with one attached hydrogen (secondary N) is 1. The summed E-state index contributed by atoms with van der Waals surface area (Å²) in [4.78, 5) is 0. The minimum Gasteiger partial charge on any atom is -0.329 e. The van der Waals surface area contributed by atoms with Crippen LogP contribution in [0.25, 0.3) is 0 Å². The molecule has 3 N–H and O–H groups in total. The Morgan fingerprint density at radius 1 is 1.00 bits per heavy atom. The highest BCUT2D eigenvalue weighted by Crippen LogP contribution is 2.13. The molecular weight excluding hydrogens is 260 g/mol. The van der Waals surface area contributed by atoms with Crippen molar-refractivity contribution in [3.05, 3.63) is 47.7 Å². The fourth-order valence-electron chi connectivity index (χ4n) is 2.20. The Morgan fingerprint density at radius 3 is 2.00 bits per heavy atom. The molecule has 21 heavy (non-hydrogen) atoms. The molecule has 0 aliphatic heterocycles. The fraction of sp³-hybridized carbons (Fsp3) is 0.529. The molecule has 0 radical (unpaired) electrons. The van der Waals surface area contributed by atoms with Crippen molar-refractivity contribution in [1.29, 1.82) is 0 Å². The van der Waals surface area contributed by atoms with Crippen molar-refractivity contribution >= 4 is 0 Å². The first kappa shape index (κ1) is 17.7. The van der Waals surface area contributed by atoms with E-state index in [9.17, 15) is 0 Å². The van der Waals surface area contributed by atoms with E-state index in [0.717, 1.165) is 27.6 Å². The summed E-state index contributed by atoms with van der Waals surface area (Å²) in [5.41, 5.74) is 6.04. The largest absolute Gasteiger partial charge is 0.329 e. The summed E-state index contributed by atoms with van der Waals surface area (Å²) in [6, 6.07) is 8.76. The van der Waals surface area contributed by atoms with Crippen LogP contribution in [-0.2, 0) is 13.0 Å². The van der Waals surface area contributed by atoms with Crippen molar-refractivity contribution in [2.45, 2.75) is 13.0 Å². The van der Waals surface area contributed by atoms with Gasteiger partial charge < -0.3 is 14.4 Å². The zero-order valence-electron chi connectivity index (χ0n) is 14.3. The summed E-state index contributed by atoms with van der Waals surface area (Å²) >= 11 is 0. The zero-order chi connectivity index (χ0) is 16.1. The van der Waals surface area contributed by atoms with Crippen molar-refractivity contribution in [3.8, 4) is 0 Å². The number of nitrogens with two attached hydrogens (primary N) is 1. The molecule has 0 aliphatic rings. The SMILES string of the molecule is C=C(Cc1ccc(C[N+](C)(C)CC[N+](C)(C)C)cc1)NN. The van der Waals surface area contributed by atoms with Crippen molar-refractivity contribution in [3.63, 3.8) is 0 Å². The summed E-state index contributed by atoms with van der Waals surface area (Å²) in [5, 5.41) is 0. The molecule has 1 aromatic carbocycles. The van der Waals surface area contributed by atoms with Crippen LogP contribution < -0.4 is 11.3 Å². The summed E-state index contributed by atoms with van der Waals surface area (Å²) < 4.78 is 2.01. The Bertz CT molecular complexity index is 455. The quantitative estimate of drug-likeness (QED) is 0.433. The van der Waals surface area contributed by atoms with Crippen LogP contribution in [0.15, 0.2) is 36.5 Å². The molecule has 0 saturated heterocycles. The molecule has 0 atom stereocenters. The standard InChI is InChI=1S/C17H32N4/c1-15(19-18)13-16-7-9-17(10-8-16)14-21(5,6)12-11-20(2,3)4/h7-10,19H,1,11-14,18H2,2-6H3/q+2. The monoisotopic (exact) mass is 292 g/mol. The number of benzene rings is 1. The van der Waals surface area contributed by atoms with Crippen molar-refractivity contribution < 1.29 is 8.97 Å². The maximum atomic E-state index is 5.35. The molecule has 1 rings (SSSR count). The Kier molecular flexibility index (Phi) is 5.96. The van der Waals surface area contributed by atoms with Crippen LogP contribution >= 0.6 is 0 Å². The minimum absolute atomic E-state index is 0.774. The Labute approximate surface area is 130 Å².